The van der Waals surface area contributed by atoms with Crippen molar-refractivity contribution >= 4 is 78.0 Å². The van der Waals surface area contributed by atoms with Gasteiger partial charge in [0.15, 0.2) is 5.13 Å². The van der Waals surface area contributed by atoms with Crippen LogP contribution >= 0.6 is 46.7 Å². The smallest absolute Gasteiger partial charge is 0.253 e. The lowest BCUT2D eigenvalue weighted by Gasteiger charge is -2.28. The van der Waals surface area contributed by atoms with Crippen molar-refractivity contribution in [1.82, 2.24) is 14.2 Å². The Labute approximate surface area is 219 Å². The summed E-state index contributed by atoms with van der Waals surface area (Å²) in [5.41, 5.74) is 1.77. The summed E-state index contributed by atoms with van der Waals surface area (Å²) < 4.78 is 29.0. The van der Waals surface area contributed by atoms with E-state index in [0.717, 1.165) is 28.7 Å². The molecule has 12 heteroatoms. The Balaban J connectivity index is 0.00000324. The van der Waals surface area contributed by atoms with E-state index in [-0.39, 0.29) is 22.5 Å². The molecule has 1 atom stereocenters. The van der Waals surface area contributed by atoms with Gasteiger partial charge in [0, 0.05) is 18.1 Å². The van der Waals surface area contributed by atoms with Crippen molar-refractivity contribution in [3.63, 3.8) is 0 Å². The van der Waals surface area contributed by atoms with Gasteiger partial charge in [0.1, 0.15) is 10.3 Å². The molecule has 0 saturated carbocycles. The Morgan fingerprint density at radius 1 is 1.29 bits per heavy atom. The van der Waals surface area contributed by atoms with Crippen LogP contribution in [0.2, 0.25) is 5.02 Å². The number of thiazole rings is 1. The van der Waals surface area contributed by atoms with Gasteiger partial charge in [0.05, 0.1) is 10.2 Å². The second kappa shape index (κ2) is 11.2. The Morgan fingerprint density at radius 2 is 2.06 bits per heavy atom. The molecular weight excluding hydrogens is 535 g/mol. The minimum absolute atomic E-state index is 0. The van der Waals surface area contributed by atoms with E-state index in [9.17, 15) is 13.2 Å². The molecular formula is C22H28Cl2N4O3S3. The van der Waals surface area contributed by atoms with Gasteiger partial charge in [-0.25, -0.2) is 13.4 Å². The summed E-state index contributed by atoms with van der Waals surface area (Å²) in [6.45, 7) is 3.56. The van der Waals surface area contributed by atoms with Crippen molar-refractivity contribution in [1.29, 1.82) is 0 Å². The van der Waals surface area contributed by atoms with Gasteiger partial charge in [0.25, 0.3) is 10.0 Å². The van der Waals surface area contributed by atoms with Gasteiger partial charge >= 0.3 is 0 Å². The first-order valence-corrected chi connectivity index (χ1v) is 14.3. The molecule has 2 aromatic heterocycles. The molecule has 1 saturated heterocycles. The topological polar surface area (TPSA) is 73.8 Å². The first kappa shape index (κ1) is 27.3. The highest BCUT2D eigenvalue weighted by molar-refractivity contribution is 7.91. The molecule has 0 bridgehead atoms. The molecule has 1 aromatic carbocycles. The monoisotopic (exact) mass is 562 g/mol. The highest BCUT2D eigenvalue weighted by atomic mass is 35.5. The number of thiophene rings is 1. The van der Waals surface area contributed by atoms with Crippen molar-refractivity contribution in [2.24, 2.45) is 0 Å². The molecule has 7 nitrogen and oxygen atoms in total. The lowest BCUT2D eigenvalue weighted by Crippen LogP contribution is -2.48. The highest BCUT2D eigenvalue weighted by Crippen LogP contribution is 2.35. The Bertz CT molecular complexity index is 1250. The summed E-state index contributed by atoms with van der Waals surface area (Å²) in [5.74, 6) is -0.214. The van der Waals surface area contributed by atoms with Gasteiger partial charge in [-0.15, -0.1) is 23.7 Å². The number of aryl methyl sites for hydroxylation is 1. The number of rotatable bonds is 8. The van der Waals surface area contributed by atoms with E-state index < -0.39 is 16.1 Å². The normalized spacial score (nSPS) is 16.8. The fraction of sp³-hybridized carbons (Fsp3) is 0.455. The Hall–Kier alpha value is -1.27. The molecule has 0 aliphatic carbocycles. The summed E-state index contributed by atoms with van der Waals surface area (Å²) in [7, 11) is 0.261. The number of sulfonamides is 1. The number of carbonyl (C=O) groups is 1. The van der Waals surface area contributed by atoms with Crippen LogP contribution in [0.15, 0.2) is 33.9 Å². The average Bonchev–Trinajstić information content (AvgIpc) is 3.51. The summed E-state index contributed by atoms with van der Waals surface area (Å²) in [4.78, 5) is 22.3. The molecule has 1 aliphatic heterocycles. The Kier molecular flexibility index (Phi) is 9.00. The van der Waals surface area contributed by atoms with E-state index in [0.29, 0.717) is 36.1 Å². The van der Waals surface area contributed by atoms with E-state index in [2.05, 4.69) is 4.90 Å². The predicted octanol–water partition coefficient (Wildman–Crippen LogP) is 4.88. The second-order valence-corrected chi connectivity index (χ2v) is 12.9. The van der Waals surface area contributed by atoms with Crippen LogP contribution < -0.4 is 4.90 Å². The molecule has 0 spiro atoms. The third-order valence-corrected chi connectivity index (χ3v) is 10.2. The zero-order valence-electron chi connectivity index (χ0n) is 19.2. The van der Waals surface area contributed by atoms with Gasteiger partial charge in [0.2, 0.25) is 5.91 Å². The SMILES string of the molecule is Cc1cc(Cl)cc2sc(N(CCCN(C)C)C(=O)C3CCCN3S(=O)(=O)c3cccs3)nc12.Cl. The molecule has 3 aromatic rings. The number of amides is 1. The van der Waals surface area contributed by atoms with Crippen molar-refractivity contribution in [3.8, 4) is 0 Å². The number of anilines is 1. The molecule has 4 rings (SSSR count). The van der Waals surface area contributed by atoms with Gasteiger partial charge in [-0.3, -0.25) is 9.69 Å². The number of fused-ring (bicyclic) bond motifs is 1. The van der Waals surface area contributed by atoms with Crippen molar-refractivity contribution < 1.29 is 13.2 Å². The summed E-state index contributed by atoms with van der Waals surface area (Å²) in [5, 5.41) is 2.95. The lowest BCUT2D eigenvalue weighted by atomic mass is 10.2. The van der Waals surface area contributed by atoms with Crippen molar-refractivity contribution in [2.75, 3.05) is 38.6 Å². The van der Waals surface area contributed by atoms with Gasteiger partial charge < -0.3 is 4.90 Å². The molecule has 0 N–H and O–H groups in total. The molecule has 34 heavy (non-hydrogen) atoms. The number of hydrogen-bond donors (Lipinski definition) is 0. The number of halogens is 2. The fourth-order valence-corrected chi connectivity index (χ4v) is 8.31. The van der Waals surface area contributed by atoms with Crippen molar-refractivity contribution in [2.45, 2.75) is 36.4 Å². The van der Waals surface area contributed by atoms with Gasteiger partial charge in [-0.2, -0.15) is 4.31 Å². The molecule has 1 unspecified atom stereocenters. The molecule has 186 valence electrons. The second-order valence-electron chi connectivity index (χ2n) is 8.42. The van der Waals surface area contributed by atoms with E-state index in [4.69, 9.17) is 16.6 Å². The molecule has 0 radical (unpaired) electrons. The van der Waals surface area contributed by atoms with Gasteiger partial charge in [-0.05, 0) is 76.0 Å². The molecule has 1 aliphatic rings. The maximum Gasteiger partial charge on any atom is 0.253 e. The molecule has 1 amide bonds. The number of hydrogen-bond acceptors (Lipinski definition) is 7. The summed E-state index contributed by atoms with van der Waals surface area (Å²) in [6, 6.07) is 6.30. The van der Waals surface area contributed by atoms with Crippen LogP contribution in [0.5, 0.6) is 0 Å². The quantitative estimate of drug-likeness (QED) is 0.391. The number of aromatic nitrogens is 1. The minimum Gasteiger partial charge on any atom is -0.309 e. The first-order valence-electron chi connectivity index (χ1n) is 10.8. The zero-order valence-corrected chi connectivity index (χ0v) is 23.3. The average molecular weight is 564 g/mol. The third kappa shape index (κ3) is 5.59. The van der Waals surface area contributed by atoms with Crippen LogP contribution in [0.4, 0.5) is 5.13 Å². The third-order valence-electron chi connectivity index (χ3n) is 5.67. The van der Waals surface area contributed by atoms with E-state index >= 15 is 0 Å². The van der Waals surface area contributed by atoms with Crippen LogP contribution in [0.25, 0.3) is 10.2 Å². The predicted molar refractivity (Wildman–Crippen MR) is 143 cm³/mol. The standard InChI is InChI=1S/C22H27ClN4O3S3.ClH/c1-15-13-16(23)14-18-20(15)24-22(32-18)26(10-6-9-25(2)3)21(28)17-7-4-11-27(17)33(29,30)19-8-5-12-31-19;/h5,8,12-14,17H,4,6-7,9-11H2,1-3H3;1H. The number of benzene rings is 1. The molecule has 1 fully saturated rings. The summed E-state index contributed by atoms with van der Waals surface area (Å²) >= 11 is 8.83. The maximum absolute atomic E-state index is 13.8. The van der Waals surface area contributed by atoms with E-state index in [1.165, 1.54) is 27.0 Å². The largest absolute Gasteiger partial charge is 0.309 e. The van der Waals surface area contributed by atoms with E-state index in [1.807, 2.05) is 33.2 Å². The summed E-state index contributed by atoms with van der Waals surface area (Å²) in [6.07, 6.45) is 1.91. The molecule has 3 heterocycles. The fourth-order valence-electron chi connectivity index (χ4n) is 4.08. The maximum atomic E-state index is 13.8. The lowest BCUT2D eigenvalue weighted by molar-refractivity contribution is -0.121. The van der Waals surface area contributed by atoms with Crippen molar-refractivity contribution in [3.05, 3.63) is 40.2 Å². The first-order chi connectivity index (χ1) is 15.7. The highest BCUT2D eigenvalue weighted by Gasteiger charge is 2.42. The number of nitrogens with zero attached hydrogens (tertiary/aromatic N) is 4. The van der Waals surface area contributed by atoms with E-state index in [1.54, 1.807) is 22.4 Å². The van der Waals surface area contributed by atoms with Crippen LogP contribution in [0.1, 0.15) is 24.8 Å². The van der Waals surface area contributed by atoms with Crippen LogP contribution in [-0.4, -0.2) is 68.3 Å². The van der Waals surface area contributed by atoms with Gasteiger partial charge in [-0.1, -0.05) is 29.0 Å². The van der Waals surface area contributed by atoms with Crippen LogP contribution in [-0.2, 0) is 14.8 Å². The zero-order chi connectivity index (χ0) is 23.8. The minimum atomic E-state index is -3.71. The van der Waals surface area contributed by atoms with Crippen LogP contribution in [0, 0.1) is 6.92 Å². The number of carbonyl (C=O) groups excluding carboxylic acids is 1. The Morgan fingerprint density at radius 3 is 2.74 bits per heavy atom. The van der Waals surface area contributed by atoms with Crippen LogP contribution in [0.3, 0.4) is 0 Å².